The molecule has 0 radical (unpaired) electrons. The molecule has 1 unspecified atom stereocenters. The van der Waals surface area contributed by atoms with Gasteiger partial charge < -0.3 is 10.1 Å². The molecule has 6 heteroatoms. The maximum absolute atomic E-state index is 12.8. The van der Waals surface area contributed by atoms with Crippen LogP contribution in [0.2, 0.25) is 0 Å². The number of nitrogens with one attached hydrogen (secondary N) is 1. The van der Waals surface area contributed by atoms with E-state index in [1.54, 1.807) is 24.3 Å². The fourth-order valence-corrected chi connectivity index (χ4v) is 3.89. The van der Waals surface area contributed by atoms with Crippen LogP contribution in [0.15, 0.2) is 24.3 Å². The van der Waals surface area contributed by atoms with Crippen LogP contribution < -0.4 is 10.1 Å². The summed E-state index contributed by atoms with van der Waals surface area (Å²) in [5.74, 6) is 0.539. The molecule has 0 saturated heterocycles. The van der Waals surface area contributed by atoms with Crippen molar-refractivity contribution >= 4 is 17.7 Å². The van der Waals surface area contributed by atoms with E-state index in [9.17, 15) is 9.59 Å². The first-order chi connectivity index (χ1) is 16.9. The number of nitrogens with zero attached hydrogens (tertiary/aromatic N) is 1. The van der Waals surface area contributed by atoms with Gasteiger partial charge in [0, 0.05) is 17.7 Å². The summed E-state index contributed by atoms with van der Waals surface area (Å²) in [6.45, 7) is 11.3. The van der Waals surface area contributed by atoms with Gasteiger partial charge in [0.25, 0.3) is 0 Å². The van der Waals surface area contributed by atoms with Gasteiger partial charge in [0.15, 0.2) is 0 Å². The Hall–Kier alpha value is -2.08. The number of ether oxygens (including phenoxy) is 1. The van der Waals surface area contributed by atoms with E-state index < -0.39 is 6.09 Å². The van der Waals surface area contributed by atoms with Crippen molar-refractivity contribution in [2.45, 2.75) is 112 Å². The summed E-state index contributed by atoms with van der Waals surface area (Å²) in [4.78, 5) is 30.9. The Morgan fingerprint density at radius 1 is 0.886 bits per heavy atom. The lowest BCUT2D eigenvalue weighted by molar-refractivity contribution is -0.135. The third kappa shape index (κ3) is 14.8. The topological polar surface area (TPSA) is 67.9 Å². The minimum Gasteiger partial charge on any atom is -0.409 e. The average molecular weight is 491 g/mol. The monoisotopic (exact) mass is 490 g/mol. The van der Waals surface area contributed by atoms with Crippen LogP contribution in [0.3, 0.4) is 0 Å². The van der Waals surface area contributed by atoms with Gasteiger partial charge in [-0.05, 0) is 30.9 Å². The van der Waals surface area contributed by atoms with Crippen molar-refractivity contribution in [2.75, 3.05) is 18.5 Å². The SMILES string of the molecule is CCCCCCCCCCCCON(CC(C)C)C(=O)Oc1cccc(NC(=O)C(C)CCC)c1. The Morgan fingerprint density at radius 2 is 1.51 bits per heavy atom. The fraction of sp³-hybridized carbons (Fsp3) is 0.724. The van der Waals surface area contributed by atoms with Gasteiger partial charge in [-0.1, -0.05) is 105 Å². The molecular formula is C29H50N2O4. The molecule has 200 valence electrons. The van der Waals surface area contributed by atoms with E-state index in [4.69, 9.17) is 9.57 Å². The van der Waals surface area contributed by atoms with Gasteiger partial charge in [0.1, 0.15) is 5.75 Å². The molecule has 1 aromatic carbocycles. The minimum absolute atomic E-state index is 0.0309. The summed E-state index contributed by atoms with van der Waals surface area (Å²) >= 11 is 0. The predicted molar refractivity (Wildman–Crippen MR) is 145 cm³/mol. The number of benzene rings is 1. The quantitative estimate of drug-likeness (QED) is 0.156. The van der Waals surface area contributed by atoms with Gasteiger partial charge in [-0.2, -0.15) is 5.06 Å². The van der Waals surface area contributed by atoms with Crippen LogP contribution in [-0.4, -0.2) is 30.2 Å². The van der Waals surface area contributed by atoms with Crippen molar-refractivity contribution in [1.82, 2.24) is 5.06 Å². The largest absolute Gasteiger partial charge is 0.439 e. The van der Waals surface area contributed by atoms with Gasteiger partial charge >= 0.3 is 6.09 Å². The minimum atomic E-state index is -0.534. The molecule has 0 aliphatic rings. The second-order valence-corrected chi connectivity index (χ2v) is 10.0. The molecule has 2 amide bonds. The van der Waals surface area contributed by atoms with E-state index in [-0.39, 0.29) is 17.7 Å². The fourth-order valence-electron chi connectivity index (χ4n) is 3.89. The normalized spacial score (nSPS) is 11.9. The molecule has 1 N–H and O–H groups in total. The standard InChI is InChI=1S/C29H50N2O4/c1-6-8-9-10-11-12-13-14-15-16-21-34-31(23-24(3)4)29(33)35-27-20-17-19-26(22-27)30-28(32)25(5)18-7-2/h17,19-20,22,24-25H,6-16,18,21,23H2,1-5H3,(H,30,32). The number of anilines is 1. The smallest absolute Gasteiger partial charge is 0.409 e. The molecule has 1 rings (SSSR count). The molecule has 6 nitrogen and oxygen atoms in total. The van der Waals surface area contributed by atoms with Gasteiger partial charge in [-0.25, -0.2) is 4.79 Å². The Bertz CT molecular complexity index is 708. The van der Waals surface area contributed by atoms with Crippen molar-refractivity contribution in [1.29, 1.82) is 0 Å². The number of hydroxylamine groups is 2. The predicted octanol–water partition coefficient (Wildman–Crippen LogP) is 8.37. The first-order valence-corrected chi connectivity index (χ1v) is 13.9. The summed E-state index contributed by atoms with van der Waals surface area (Å²) in [5, 5.41) is 4.23. The Morgan fingerprint density at radius 3 is 2.11 bits per heavy atom. The molecule has 0 aliphatic heterocycles. The molecule has 0 aromatic heterocycles. The molecule has 0 aliphatic carbocycles. The number of hydrogen-bond donors (Lipinski definition) is 1. The summed E-state index contributed by atoms with van der Waals surface area (Å²) < 4.78 is 5.57. The van der Waals surface area contributed by atoms with Crippen LogP contribution in [0.25, 0.3) is 0 Å². The average Bonchev–Trinajstić information content (AvgIpc) is 2.81. The van der Waals surface area contributed by atoms with Crippen molar-refractivity contribution in [2.24, 2.45) is 11.8 Å². The second-order valence-electron chi connectivity index (χ2n) is 10.0. The zero-order valence-electron chi connectivity index (χ0n) is 22.9. The van der Waals surface area contributed by atoms with E-state index >= 15 is 0 Å². The van der Waals surface area contributed by atoms with E-state index in [0.29, 0.717) is 24.6 Å². The third-order valence-electron chi connectivity index (χ3n) is 5.96. The highest BCUT2D eigenvalue weighted by molar-refractivity contribution is 5.92. The number of hydrogen-bond acceptors (Lipinski definition) is 4. The molecule has 0 bridgehead atoms. The highest BCUT2D eigenvalue weighted by Gasteiger charge is 2.19. The summed E-state index contributed by atoms with van der Waals surface area (Å²) in [6.07, 6.45) is 13.8. The van der Waals surface area contributed by atoms with Gasteiger partial charge in [-0.15, -0.1) is 0 Å². The lowest BCUT2D eigenvalue weighted by atomic mass is 10.1. The van der Waals surface area contributed by atoms with Crippen LogP contribution in [0, 0.1) is 11.8 Å². The van der Waals surface area contributed by atoms with Gasteiger partial charge in [0.2, 0.25) is 5.91 Å². The van der Waals surface area contributed by atoms with E-state index in [1.807, 2.05) is 20.8 Å². The molecule has 0 saturated carbocycles. The molecule has 1 atom stereocenters. The Labute approximate surface area is 214 Å². The first kappa shape index (κ1) is 31.0. The maximum Gasteiger partial charge on any atom is 0.439 e. The highest BCUT2D eigenvalue weighted by Crippen LogP contribution is 2.20. The van der Waals surface area contributed by atoms with Crippen LogP contribution >= 0.6 is 0 Å². The first-order valence-electron chi connectivity index (χ1n) is 13.9. The van der Waals surface area contributed by atoms with Crippen molar-refractivity contribution in [3.63, 3.8) is 0 Å². The Kier molecular flexibility index (Phi) is 16.9. The number of carbonyl (C=O) groups excluding carboxylic acids is 2. The van der Waals surface area contributed by atoms with E-state index in [0.717, 1.165) is 25.7 Å². The summed E-state index contributed by atoms with van der Waals surface area (Å²) in [6, 6.07) is 6.94. The number of rotatable bonds is 19. The van der Waals surface area contributed by atoms with Gasteiger partial charge in [0.05, 0.1) is 13.2 Å². The summed E-state index contributed by atoms with van der Waals surface area (Å²) in [7, 11) is 0. The lowest BCUT2D eigenvalue weighted by Crippen LogP contribution is -2.36. The summed E-state index contributed by atoms with van der Waals surface area (Å²) in [5.41, 5.74) is 0.616. The van der Waals surface area contributed by atoms with Crippen LogP contribution in [-0.2, 0) is 9.63 Å². The molecular weight excluding hydrogens is 440 g/mol. The van der Waals surface area contributed by atoms with Crippen molar-refractivity contribution in [3.05, 3.63) is 24.3 Å². The van der Waals surface area contributed by atoms with Crippen molar-refractivity contribution < 1.29 is 19.2 Å². The van der Waals surface area contributed by atoms with E-state index in [2.05, 4.69) is 19.2 Å². The second kappa shape index (κ2) is 19.1. The van der Waals surface area contributed by atoms with Crippen molar-refractivity contribution in [3.8, 4) is 5.75 Å². The zero-order chi connectivity index (χ0) is 25.9. The number of amides is 2. The number of unbranched alkanes of at least 4 members (excludes halogenated alkanes) is 9. The van der Waals surface area contributed by atoms with Crippen LogP contribution in [0.1, 0.15) is 112 Å². The highest BCUT2D eigenvalue weighted by atomic mass is 16.7. The van der Waals surface area contributed by atoms with Crippen LogP contribution in [0.5, 0.6) is 5.75 Å². The lowest BCUT2D eigenvalue weighted by Gasteiger charge is -2.23. The molecule has 35 heavy (non-hydrogen) atoms. The molecule has 0 heterocycles. The molecule has 1 aromatic rings. The molecule has 0 fully saturated rings. The Balaban J connectivity index is 2.43. The zero-order valence-corrected chi connectivity index (χ0v) is 22.9. The van der Waals surface area contributed by atoms with E-state index in [1.165, 1.54) is 56.4 Å². The van der Waals surface area contributed by atoms with Crippen LogP contribution in [0.4, 0.5) is 10.5 Å². The maximum atomic E-state index is 12.8. The van der Waals surface area contributed by atoms with Gasteiger partial charge in [-0.3, -0.25) is 9.63 Å². The molecule has 0 spiro atoms. The third-order valence-corrected chi connectivity index (χ3v) is 5.96. The number of carbonyl (C=O) groups is 2.